The predicted octanol–water partition coefficient (Wildman–Crippen LogP) is 4.45. The summed E-state index contributed by atoms with van der Waals surface area (Å²) in [5.74, 6) is -0.712. The summed E-state index contributed by atoms with van der Waals surface area (Å²) in [4.78, 5) is 30.3. The van der Waals surface area contributed by atoms with Gasteiger partial charge in [-0.15, -0.1) is 0 Å². The lowest BCUT2D eigenvalue weighted by Gasteiger charge is -2.40. The van der Waals surface area contributed by atoms with Crippen LogP contribution >= 0.6 is 11.6 Å². The standard InChI is InChI=1S/C30H34ClFN6O2/c1-3-35-12-10-22(35)19-40-30-33-25-18-38(26-9-5-7-21-6-4-8-24(31)27(21)26)13-11-23(25)28(34-30)36-14-16-37(17-15-36)29(39)20(2)32/h4-9,22H,2-3,10-19H2,1H3. The fraction of sp³-hybridized carbons (Fsp3) is 0.433. The molecular weight excluding hydrogens is 531 g/mol. The van der Waals surface area contributed by atoms with Crippen LogP contribution < -0.4 is 14.5 Å². The number of anilines is 2. The Hall–Kier alpha value is -3.43. The third kappa shape index (κ3) is 5.08. The summed E-state index contributed by atoms with van der Waals surface area (Å²) < 4.78 is 19.7. The van der Waals surface area contributed by atoms with Gasteiger partial charge in [0.05, 0.1) is 17.3 Å². The number of piperazine rings is 1. The first kappa shape index (κ1) is 26.8. The number of carbonyl (C=O) groups is 1. The van der Waals surface area contributed by atoms with Crippen LogP contribution in [0.15, 0.2) is 48.8 Å². The summed E-state index contributed by atoms with van der Waals surface area (Å²) in [7, 11) is 0. The van der Waals surface area contributed by atoms with Crippen molar-refractivity contribution in [2.75, 3.05) is 62.2 Å². The van der Waals surface area contributed by atoms with Gasteiger partial charge >= 0.3 is 6.01 Å². The Bertz CT molecular complexity index is 1440. The highest BCUT2D eigenvalue weighted by Gasteiger charge is 2.31. The molecule has 3 aromatic rings. The molecule has 10 heteroatoms. The second kappa shape index (κ2) is 11.2. The molecule has 2 fully saturated rings. The van der Waals surface area contributed by atoms with Crippen molar-refractivity contribution in [2.45, 2.75) is 32.4 Å². The lowest BCUT2D eigenvalue weighted by atomic mass is 10.0. The molecule has 2 aromatic carbocycles. The minimum Gasteiger partial charge on any atom is -0.462 e. The average molecular weight is 565 g/mol. The molecule has 1 amide bonds. The Kier molecular flexibility index (Phi) is 7.51. The van der Waals surface area contributed by atoms with Gasteiger partial charge in [-0.05, 0) is 36.9 Å². The maximum atomic E-state index is 13.5. The number of hydrogen-bond acceptors (Lipinski definition) is 7. The van der Waals surface area contributed by atoms with Gasteiger partial charge in [0, 0.05) is 61.9 Å². The highest BCUT2D eigenvalue weighted by molar-refractivity contribution is 6.36. The Balaban J connectivity index is 1.30. The minimum absolute atomic E-state index is 0.380. The molecule has 0 radical (unpaired) electrons. The van der Waals surface area contributed by atoms with Crippen molar-refractivity contribution in [1.29, 1.82) is 0 Å². The van der Waals surface area contributed by atoms with E-state index in [1.807, 2.05) is 12.1 Å². The molecule has 1 aromatic heterocycles. The van der Waals surface area contributed by atoms with Gasteiger partial charge in [-0.3, -0.25) is 9.69 Å². The Labute approximate surface area is 239 Å². The summed E-state index contributed by atoms with van der Waals surface area (Å²) >= 11 is 6.66. The fourth-order valence-corrected chi connectivity index (χ4v) is 6.30. The van der Waals surface area contributed by atoms with Crippen molar-refractivity contribution in [3.63, 3.8) is 0 Å². The summed E-state index contributed by atoms with van der Waals surface area (Å²) in [6.45, 7) is 11.3. The first-order chi connectivity index (χ1) is 19.4. The second-order valence-corrected chi connectivity index (χ2v) is 11.0. The van der Waals surface area contributed by atoms with Crippen LogP contribution in [0.25, 0.3) is 10.8 Å². The number of ether oxygens (including phenoxy) is 1. The van der Waals surface area contributed by atoms with Gasteiger partial charge < -0.3 is 19.4 Å². The summed E-state index contributed by atoms with van der Waals surface area (Å²) in [6.07, 6.45) is 1.87. The predicted molar refractivity (Wildman–Crippen MR) is 156 cm³/mol. The molecule has 6 rings (SSSR count). The van der Waals surface area contributed by atoms with E-state index in [4.69, 9.17) is 26.3 Å². The van der Waals surface area contributed by atoms with Gasteiger partial charge in [0.1, 0.15) is 12.4 Å². The van der Waals surface area contributed by atoms with E-state index < -0.39 is 11.7 Å². The van der Waals surface area contributed by atoms with Crippen LogP contribution in [-0.2, 0) is 17.8 Å². The van der Waals surface area contributed by atoms with Crippen LogP contribution in [0.3, 0.4) is 0 Å². The van der Waals surface area contributed by atoms with Gasteiger partial charge in [-0.2, -0.15) is 9.97 Å². The third-order valence-electron chi connectivity index (χ3n) is 8.37. The van der Waals surface area contributed by atoms with E-state index in [1.165, 1.54) is 4.90 Å². The summed E-state index contributed by atoms with van der Waals surface area (Å²) in [5, 5.41) is 2.88. The molecule has 0 bridgehead atoms. The number of benzene rings is 2. The number of aromatic nitrogens is 2. The lowest BCUT2D eigenvalue weighted by molar-refractivity contribution is -0.128. The van der Waals surface area contributed by atoms with Crippen LogP contribution in [0.4, 0.5) is 15.9 Å². The van der Waals surface area contributed by atoms with Crippen molar-refractivity contribution in [3.8, 4) is 6.01 Å². The number of likely N-dealkylation sites (N-methyl/N-ethyl adjacent to an activating group) is 1. The van der Waals surface area contributed by atoms with Crippen molar-refractivity contribution in [2.24, 2.45) is 0 Å². The van der Waals surface area contributed by atoms with Crippen LogP contribution in [-0.4, -0.2) is 84.1 Å². The van der Waals surface area contributed by atoms with Crippen LogP contribution in [0.1, 0.15) is 24.6 Å². The topological polar surface area (TPSA) is 65.0 Å². The van der Waals surface area contributed by atoms with Gasteiger partial charge in [-0.25, -0.2) is 4.39 Å². The van der Waals surface area contributed by atoms with Crippen LogP contribution in [0, 0.1) is 0 Å². The molecule has 0 spiro atoms. The number of halogens is 2. The van der Waals surface area contributed by atoms with Crippen LogP contribution in [0.2, 0.25) is 5.02 Å². The largest absolute Gasteiger partial charge is 0.462 e. The quantitative estimate of drug-likeness (QED) is 0.393. The minimum atomic E-state index is -0.922. The molecule has 2 saturated heterocycles. The van der Waals surface area contributed by atoms with Gasteiger partial charge in [0.15, 0.2) is 5.83 Å². The molecule has 0 saturated carbocycles. The zero-order valence-electron chi connectivity index (χ0n) is 22.8. The molecule has 8 nitrogen and oxygen atoms in total. The summed E-state index contributed by atoms with van der Waals surface area (Å²) in [6, 6.07) is 13.0. The highest BCUT2D eigenvalue weighted by atomic mass is 35.5. The molecular formula is C30H34ClFN6O2. The van der Waals surface area contributed by atoms with Crippen molar-refractivity contribution >= 4 is 39.8 Å². The Morgan fingerprint density at radius 3 is 2.55 bits per heavy atom. The molecule has 3 aliphatic heterocycles. The SMILES string of the molecule is C=C(F)C(=O)N1CCN(c2nc(OCC3CCN3CC)nc3c2CCN(c2cccc4cccc(Cl)c24)C3)CC1. The molecule has 3 aliphatic rings. The zero-order chi connectivity index (χ0) is 27.8. The number of carbonyl (C=O) groups excluding carboxylic acids is 1. The van der Waals surface area contributed by atoms with E-state index in [0.717, 1.165) is 71.0 Å². The van der Waals surface area contributed by atoms with E-state index in [-0.39, 0.29) is 0 Å². The summed E-state index contributed by atoms with van der Waals surface area (Å²) in [5.41, 5.74) is 3.12. The van der Waals surface area contributed by atoms with E-state index in [1.54, 1.807) is 0 Å². The fourth-order valence-electron chi connectivity index (χ4n) is 6.02. The molecule has 1 unspecified atom stereocenters. The van der Waals surface area contributed by atoms with E-state index in [2.05, 4.69) is 52.5 Å². The molecule has 0 N–H and O–H groups in total. The maximum Gasteiger partial charge on any atom is 0.318 e. The van der Waals surface area contributed by atoms with Crippen LogP contribution in [0.5, 0.6) is 6.01 Å². The number of likely N-dealkylation sites (tertiary alicyclic amines) is 1. The lowest BCUT2D eigenvalue weighted by Crippen LogP contribution is -2.50. The highest BCUT2D eigenvalue weighted by Crippen LogP contribution is 2.37. The Morgan fingerprint density at radius 2 is 1.85 bits per heavy atom. The van der Waals surface area contributed by atoms with Gasteiger partial charge in [-0.1, -0.05) is 49.4 Å². The van der Waals surface area contributed by atoms with Crippen molar-refractivity contribution in [1.82, 2.24) is 19.8 Å². The maximum absolute atomic E-state index is 13.5. The van der Waals surface area contributed by atoms with Gasteiger partial charge in [0.2, 0.25) is 0 Å². The van der Waals surface area contributed by atoms with E-state index in [0.29, 0.717) is 51.4 Å². The molecule has 0 aliphatic carbocycles. The zero-order valence-corrected chi connectivity index (χ0v) is 23.5. The van der Waals surface area contributed by atoms with Gasteiger partial charge in [0.25, 0.3) is 5.91 Å². The number of rotatable bonds is 7. The Morgan fingerprint density at radius 1 is 1.07 bits per heavy atom. The number of hydrogen-bond donors (Lipinski definition) is 0. The smallest absolute Gasteiger partial charge is 0.318 e. The average Bonchev–Trinajstić information content (AvgIpc) is 2.95. The second-order valence-electron chi connectivity index (χ2n) is 10.6. The molecule has 210 valence electrons. The van der Waals surface area contributed by atoms with E-state index in [9.17, 15) is 9.18 Å². The van der Waals surface area contributed by atoms with Crippen molar-refractivity contribution in [3.05, 3.63) is 65.1 Å². The number of nitrogens with zero attached hydrogens (tertiary/aromatic N) is 6. The first-order valence-electron chi connectivity index (χ1n) is 14.0. The monoisotopic (exact) mass is 564 g/mol. The van der Waals surface area contributed by atoms with E-state index >= 15 is 0 Å². The first-order valence-corrected chi connectivity index (χ1v) is 14.4. The normalized spacial score (nSPS) is 19.4. The molecule has 1 atom stereocenters. The third-order valence-corrected chi connectivity index (χ3v) is 8.69. The number of fused-ring (bicyclic) bond motifs is 2. The molecule has 4 heterocycles. The molecule has 40 heavy (non-hydrogen) atoms. The number of amides is 1. The van der Waals surface area contributed by atoms with Crippen molar-refractivity contribution < 1.29 is 13.9 Å².